The van der Waals surface area contributed by atoms with Gasteiger partial charge in [0.25, 0.3) is 0 Å². The summed E-state index contributed by atoms with van der Waals surface area (Å²) in [4.78, 5) is 21.0. The Bertz CT molecular complexity index is 194. The van der Waals surface area contributed by atoms with Crippen LogP contribution in [0.4, 0.5) is 4.79 Å². The highest BCUT2D eigenvalue weighted by Crippen LogP contribution is 2.39. The first-order valence-electron chi connectivity index (χ1n) is 2.77. The molecule has 2 rings (SSSR count). The van der Waals surface area contributed by atoms with Crippen molar-refractivity contribution in [2.45, 2.75) is 18.4 Å². The summed E-state index contributed by atoms with van der Waals surface area (Å²) in [6.45, 7) is 0. The lowest BCUT2D eigenvalue weighted by molar-refractivity contribution is -0.136. The first-order valence-corrected chi connectivity index (χ1v) is 2.77. The van der Waals surface area contributed by atoms with Crippen molar-refractivity contribution in [3.05, 3.63) is 0 Å². The van der Waals surface area contributed by atoms with E-state index in [4.69, 9.17) is 0 Å². The van der Waals surface area contributed by atoms with E-state index < -0.39 is 17.6 Å². The lowest BCUT2D eigenvalue weighted by Gasteiger charge is -1.94. The van der Waals surface area contributed by atoms with E-state index in [0.29, 0.717) is 0 Å². The Morgan fingerprint density at radius 3 is 2.33 bits per heavy atom. The summed E-state index contributed by atoms with van der Waals surface area (Å²) in [6.07, 6.45) is 0.868. The van der Waals surface area contributed by atoms with Crippen LogP contribution in [0.25, 0.3) is 0 Å². The third kappa shape index (κ3) is 0.472. The molecule has 48 valence electrons. The molecule has 0 atom stereocenters. The average molecular weight is 127 g/mol. The van der Waals surface area contributed by atoms with E-state index in [1.165, 1.54) is 0 Å². The second-order valence-corrected chi connectivity index (χ2v) is 2.38. The van der Waals surface area contributed by atoms with Gasteiger partial charge in [0.1, 0.15) is 5.54 Å². The van der Waals surface area contributed by atoms with E-state index in [-0.39, 0.29) is 0 Å². The van der Waals surface area contributed by atoms with E-state index in [9.17, 15) is 9.59 Å². The lowest BCUT2D eigenvalue weighted by atomic mass is 10.3. The van der Waals surface area contributed by atoms with Crippen LogP contribution in [0, 0.1) is 0 Å². The first-order chi connectivity index (χ1) is 4.23. The number of ether oxygens (including phenoxy) is 1. The van der Waals surface area contributed by atoms with E-state index in [2.05, 4.69) is 10.1 Å². The van der Waals surface area contributed by atoms with Crippen LogP contribution in [-0.2, 0) is 9.53 Å². The quantitative estimate of drug-likeness (QED) is 0.361. The van der Waals surface area contributed by atoms with Crippen molar-refractivity contribution in [3.63, 3.8) is 0 Å². The molecule has 1 aliphatic heterocycles. The number of cyclic esters (lactones) is 2. The van der Waals surface area contributed by atoms with Crippen molar-refractivity contribution in [2.24, 2.45) is 0 Å². The number of nitrogens with one attached hydrogen (secondary N) is 1. The van der Waals surface area contributed by atoms with Crippen LogP contribution in [0.15, 0.2) is 0 Å². The molecule has 1 aliphatic carbocycles. The van der Waals surface area contributed by atoms with Crippen LogP contribution in [0.5, 0.6) is 0 Å². The molecule has 4 nitrogen and oxygen atoms in total. The van der Waals surface area contributed by atoms with E-state index in [1.807, 2.05) is 0 Å². The standard InChI is InChI=1S/C5H5NO3/c7-3-5(1-2-5)6-4(8)9-3/h1-2H2,(H,6,8). The number of alkyl carbamates (subject to hydrolysis) is 1. The zero-order chi connectivity index (χ0) is 6.48. The molecule has 0 unspecified atom stereocenters. The van der Waals surface area contributed by atoms with Crippen LogP contribution < -0.4 is 5.32 Å². The second-order valence-electron chi connectivity index (χ2n) is 2.38. The number of amides is 1. The normalized spacial score (nSPS) is 28.0. The summed E-state index contributed by atoms with van der Waals surface area (Å²) in [5, 5.41) is 2.44. The molecular weight excluding hydrogens is 122 g/mol. The summed E-state index contributed by atoms with van der Waals surface area (Å²) in [5.74, 6) is -0.410. The molecule has 1 saturated heterocycles. The maximum Gasteiger partial charge on any atom is 0.415 e. The van der Waals surface area contributed by atoms with E-state index in [1.54, 1.807) is 0 Å². The number of carbonyl (C=O) groups excluding carboxylic acids is 2. The van der Waals surface area contributed by atoms with Crippen molar-refractivity contribution < 1.29 is 14.3 Å². The van der Waals surface area contributed by atoms with Gasteiger partial charge in [-0.2, -0.15) is 0 Å². The van der Waals surface area contributed by atoms with Crippen LogP contribution in [0.1, 0.15) is 12.8 Å². The van der Waals surface area contributed by atoms with Crippen molar-refractivity contribution in [1.29, 1.82) is 0 Å². The van der Waals surface area contributed by atoms with Crippen molar-refractivity contribution in [3.8, 4) is 0 Å². The predicted molar refractivity (Wildman–Crippen MR) is 26.6 cm³/mol. The maximum absolute atomic E-state index is 10.7. The molecule has 0 aromatic carbocycles. The molecule has 0 radical (unpaired) electrons. The van der Waals surface area contributed by atoms with Gasteiger partial charge in [-0.05, 0) is 12.8 Å². The van der Waals surface area contributed by atoms with Crippen molar-refractivity contribution in [2.75, 3.05) is 0 Å². The number of rotatable bonds is 0. The summed E-state index contributed by atoms with van der Waals surface area (Å²) in [7, 11) is 0. The van der Waals surface area contributed by atoms with Gasteiger partial charge in [0.2, 0.25) is 0 Å². The van der Waals surface area contributed by atoms with Crippen molar-refractivity contribution in [1.82, 2.24) is 5.32 Å². The van der Waals surface area contributed by atoms with Gasteiger partial charge in [0.15, 0.2) is 0 Å². The summed E-state index contributed by atoms with van der Waals surface area (Å²) >= 11 is 0. The monoisotopic (exact) mass is 127 g/mol. The molecule has 0 aromatic heterocycles. The Morgan fingerprint density at radius 2 is 2.11 bits per heavy atom. The fourth-order valence-corrected chi connectivity index (χ4v) is 0.908. The van der Waals surface area contributed by atoms with Crippen molar-refractivity contribution >= 4 is 12.1 Å². The van der Waals surface area contributed by atoms with Gasteiger partial charge in [0, 0.05) is 0 Å². The Labute approximate surface area is 51.2 Å². The molecule has 0 bridgehead atoms. The smallest absolute Gasteiger partial charge is 0.374 e. The fraction of sp³-hybridized carbons (Fsp3) is 0.600. The number of hydrogen-bond acceptors (Lipinski definition) is 3. The number of esters is 1. The molecule has 4 heteroatoms. The molecular formula is C5H5NO3. The average Bonchev–Trinajstić information content (AvgIpc) is 2.42. The lowest BCUT2D eigenvalue weighted by Crippen LogP contribution is -2.30. The van der Waals surface area contributed by atoms with E-state index >= 15 is 0 Å². The minimum absolute atomic E-state index is 0.410. The molecule has 1 heterocycles. The molecule has 0 aromatic rings. The Morgan fingerprint density at radius 1 is 1.44 bits per heavy atom. The van der Waals surface area contributed by atoms with Gasteiger partial charge in [-0.1, -0.05) is 0 Å². The molecule has 1 amide bonds. The van der Waals surface area contributed by atoms with Gasteiger partial charge >= 0.3 is 12.1 Å². The summed E-state index contributed by atoms with van der Waals surface area (Å²) < 4.78 is 4.25. The maximum atomic E-state index is 10.7. The van der Waals surface area contributed by atoms with Crippen LogP contribution in [0.3, 0.4) is 0 Å². The molecule has 1 N–H and O–H groups in total. The van der Waals surface area contributed by atoms with Gasteiger partial charge in [-0.15, -0.1) is 0 Å². The highest BCUT2D eigenvalue weighted by Gasteiger charge is 2.58. The zero-order valence-corrected chi connectivity index (χ0v) is 4.64. The van der Waals surface area contributed by atoms with Crippen LogP contribution in [-0.4, -0.2) is 17.6 Å². The third-order valence-corrected chi connectivity index (χ3v) is 1.67. The Hall–Kier alpha value is -1.06. The van der Waals surface area contributed by atoms with Gasteiger partial charge in [-0.3, -0.25) is 0 Å². The Kier molecular flexibility index (Phi) is 0.583. The van der Waals surface area contributed by atoms with Crippen LogP contribution >= 0.6 is 0 Å². The first kappa shape index (κ1) is 4.78. The van der Waals surface area contributed by atoms with Gasteiger partial charge in [-0.25, -0.2) is 9.59 Å². The largest absolute Gasteiger partial charge is 0.415 e. The molecule has 2 fully saturated rings. The molecule has 2 aliphatic rings. The molecule has 1 spiro atoms. The third-order valence-electron chi connectivity index (χ3n) is 1.67. The van der Waals surface area contributed by atoms with Gasteiger partial charge < -0.3 is 10.1 Å². The topological polar surface area (TPSA) is 55.4 Å². The summed E-state index contributed by atoms with van der Waals surface area (Å²) in [6, 6.07) is 0. The zero-order valence-electron chi connectivity index (χ0n) is 4.64. The van der Waals surface area contributed by atoms with E-state index in [0.717, 1.165) is 12.8 Å². The Balaban J connectivity index is 2.28. The predicted octanol–water partition coefficient (Wildman–Crippen LogP) is -0.215. The minimum atomic E-state index is -0.600. The highest BCUT2D eigenvalue weighted by atomic mass is 16.6. The number of hydrogen-bond donors (Lipinski definition) is 1. The van der Waals surface area contributed by atoms with Gasteiger partial charge in [0.05, 0.1) is 0 Å². The number of carbonyl (C=O) groups is 2. The molecule has 9 heavy (non-hydrogen) atoms. The summed E-state index contributed by atoms with van der Waals surface area (Å²) in [5.41, 5.74) is -0.586. The van der Waals surface area contributed by atoms with Crippen LogP contribution in [0.2, 0.25) is 0 Å². The SMILES string of the molecule is O=C1NC2(CC2)C(=O)O1. The second kappa shape index (κ2) is 1.10. The fourth-order valence-electron chi connectivity index (χ4n) is 0.908. The molecule has 1 saturated carbocycles. The highest BCUT2D eigenvalue weighted by molar-refractivity contribution is 6.00. The minimum Gasteiger partial charge on any atom is -0.374 e.